The fourth-order valence-electron chi connectivity index (χ4n) is 1.23. The van der Waals surface area contributed by atoms with Crippen molar-refractivity contribution in [2.24, 2.45) is 11.7 Å². The third-order valence-corrected chi connectivity index (χ3v) is 2.43. The van der Waals surface area contributed by atoms with Crippen molar-refractivity contribution in [1.29, 1.82) is 0 Å². The van der Waals surface area contributed by atoms with Gasteiger partial charge in [-0.3, -0.25) is 9.59 Å². The van der Waals surface area contributed by atoms with Crippen molar-refractivity contribution in [1.82, 2.24) is 5.32 Å². The summed E-state index contributed by atoms with van der Waals surface area (Å²) in [4.78, 5) is 31.6. The molecule has 0 bridgehead atoms. The maximum absolute atomic E-state index is 10.7. The fourth-order valence-corrected chi connectivity index (χ4v) is 1.23. The Morgan fingerprint density at radius 1 is 1.41 bits per heavy atom. The van der Waals surface area contributed by atoms with Crippen LogP contribution in [-0.4, -0.2) is 24.5 Å². The van der Waals surface area contributed by atoms with E-state index in [1.54, 1.807) is 13.8 Å². The Bertz CT molecular complexity index is 544. The van der Waals surface area contributed by atoms with E-state index in [0.29, 0.717) is 0 Å². The molecule has 0 saturated carbocycles. The van der Waals surface area contributed by atoms with Gasteiger partial charge in [0.2, 0.25) is 5.91 Å². The zero-order chi connectivity index (χ0) is 16.6. The first-order valence-electron chi connectivity index (χ1n) is 6.16. The molecule has 0 fully saturated rings. The molecule has 1 atom stereocenters. The molecule has 0 saturated heterocycles. The van der Waals surface area contributed by atoms with Crippen LogP contribution in [0, 0.1) is 12.8 Å². The van der Waals surface area contributed by atoms with Crippen molar-refractivity contribution in [2.45, 2.75) is 26.8 Å². The van der Waals surface area contributed by atoms with Gasteiger partial charge in [0.25, 0.3) is 0 Å². The van der Waals surface area contributed by atoms with Crippen LogP contribution in [0.5, 0.6) is 5.75 Å². The minimum absolute atomic E-state index is 0. The summed E-state index contributed by atoms with van der Waals surface area (Å²) in [6.07, 6.45) is 1.21. The van der Waals surface area contributed by atoms with Gasteiger partial charge in [0.15, 0.2) is 5.43 Å². The van der Waals surface area contributed by atoms with Crippen molar-refractivity contribution in [3.05, 3.63) is 28.3 Å². The quantitative estimate of drug-likeness (QED) is 0.584. The molecule has 0 aliphatic rings. The largest absolute Gasteiger partial charge is 2.00 e. The Kier molecular flexibility index (Phi) is 11.0. The van der Waals surface area contributed by atoms with E-state index in [1.807, 2.05) is 0 Å². The maximum Gasteiger partial charge on any atom is 2.00 e. The molecular formula is C13H18N2NiO6. The number of aliphatic carboxylic acids is 1. The van der Waals surface area contributed by atoms with Crippen LogP contribution in [0.4, 0.5) is 0 Å². The van der Waals surface area contributed by atoms with E-state index in [0.717, 1.165) is 6.07 Å². The Labute approximate surface area is 137 Å². The monoisotopic (exact) mass is 356 g/mol. The maximum atomic E-state index is 10.7. The van der Waals surface area contributed by atoms with Gasteiger partial charge in [0.1, 0.15) is 0 Å². The summed E-state index contributed by atoms with van der Waals surface area (Å²) in [6.45, 7) is 4.61. The van der Waals surface area contributed by atoms with E-state index in [1.165, 1.54) is 13.2 Å². The zero-order valence-electron chi connectivity index (χ0n) is 12.4. The normalized spacial score (nSPS) is 10.8. The summed E-state index contributed by atoms with van der Waals surface area (Å²) in [6, 6.07) is 0.149. The molecule has 0 spiro atoms. The van der Waals surface area contributed by atoms with E-state index in [2.05, 4.69) is 9.73 Å². The van der Waals surface area contributed by atoms with E-state index in [4.69, 9.17) is 5.73 Å². The van der Waals surface area contributed by atoms with Crippen molar-refractivity contribution < 1.29 is 40.7 Å². The topological polar surface area (TPSA) is 149 Å². The second kappa shape index (κ2) is 10.8. The number of carbonyl (C=O) groups excluding carboxylic acids is 2. The van der Waals surface area contributed by atoms with Gasteiger partial charge in [-0.1, -0.05) is 13.8 Å². The second-order valence-corrected chi connectivity index (χ2v) is 4.48. The summed E-state index contributed by atoms with van der Waals surface area (Å²) in [5.41, 5.74) is 4.48. The van der Waals surface area contributed by atoms with Gasteiger partial charge in [-0.2, -0.15) is 0 Å². The van der Waals surface area contributed by atoms with Crippen LogP contribution in [0.25, 0.3) is 0 Å². The average Bonchev–Trinajstić information content (AvgIpc) is 2.41. The average molecular weight is 357 g/mol. The predicted molar refractivity (Wildman–Crippen MR) is 70.0 cm³/mol. The standard InChI is InChI=1S/C7H14N2O3.C6H6O3.Ni/c1-4(2)6(7(11)12)9-5(10)3-8;1-4-6(8)5(7)2-3-9-4;/h4,6H,3,8H2,1-2H3,(H,9,10)(H,11,12);2-3,8H,1H3;/q;;+2/p-2/t6-;;/m0../s1. The van der Waals surface area contributed by atoms with Crippen molar-refractivity contribution >= 4 is 11.9 Å². The van der Waals surface area contributed by atoms with Crippen LogP contribution in [0.3, 0.4) is 0 Å². The molecule has 9 heteroatoms. The van der Waals surface area contributed by atoms with Crippen LogP contribution in [0.2, 0.25) is 0 Å². The van der Waals surface area contributed by atoms with Crippen LogP contribution in [0.1, 0.15) is 19.6 Å². The SMILES string of the molecule is CC(C)[C@H](NC(=O)CN)C(=O)[O-].Cc1occc(=O)c1[O-].[Ni+2]. The first kappa shape index (κ1) is 22.4. The van der Waals surface area contributed by atoms with E-state index in [-0.39, 0.29) is 34.7 Å². The molecule has 126 valence electrons. The molecule has 1 aromatic heterocycles. The summed E-state index contributed by atoms with van der Waals surface area (Å²) in [5.74, 6) is -2.39. The predicted octanol–water partition coefficient (Wildman–Crippen LogP) is -2.14. The van der Waals surface area contributed by atoms with Gasteiger partial charge in [-0.05, 0) is 18.6 Å². The summed E-state index contributed by atoms with van der Waals surface area (Å²) in [7, 11) is 0. The van der Waals surface area contributed by atoms with Gasteiger partial charge < -0.3 is 30.5 Å². The van der Waals surface area contributed by atoms with Gasteiger partial charge in [-0.25, -0.2) is 0 Å². The zero-order valence-corrected chi connectivity index (χ0v) is 13.3. The second-order valence-electron chi connectivity index (χ2n) is 4.48. The number of carboxylic acids is 1. The number of rotatable bonds is 4. The minimum atomic E-state index is -1.29. The molecule has 0 aliphatic carbocycles. The Balaban J connectivity index is 0. The van der Waals surface area contributed by atoms with E-state index in [9.17, 15) is 24.6 Å². The van der Waals surface area contributed by atoms with Gasteiger partial charge >= 0.3 is 16.5 Å². The number of hydrogen-bond acceptors (Lipinski definition) is 7. The molecule has 1 rings (SSSR count). The molecule has 22 heavy (non-hydrogen) atoms. The summed E-state index contributed by atoms with van der Waals surface area (Å²) >= 11 is 0. The molecule has 1 aromatic rings. The minimum Gasteiger partial charge on any atom is -0.868 e. The third-order valence-electron chi connectivity index (χ3n) is 2.43. The molecule has 3 N–H and O–H groups in total. The number of carboxylic acid groups (broad SMARTS) is 1. The summed E-state index contributed by atoms with van der Waals surface area (Å²) < 4.78 is 4.63. The number of carbonyl (C=O) groups is 2. The van der Waals surface area contributed by atoms with Crippen molar-refractivity contribution in [3.8, 4) is 5.75 Å². The van der Waals surface area contributed by atoms with Crippen LogP contribution >= 0.6 is 0 Å². The Morgan fingerprint density at radius 3 is 2.27 bits per heavy atom. The molecule has 0 unspecified atom stereocenters. The molecule has 0 radical (unpaired) electrons. The van der Waals surface area contributed by atoms with Crippen molar-refractivity contribution in [3.63, 3.8) is 0 Å². The van der Waals surface area contributed by atoms with Gasteiger partial charge in [-0.15, -0.1) is 0 Å². The molecule has 0 aliphatic heterocycles. The smallest absolute Gasteiger partial charge is 0.868 e. The molecule has 8 nitrogen and oxygen atoms in total. The van der Waals surface area contributed by atoms with Gasteiger partial charge in [0, 0.05) is 6.07 Å². The fraction of sp³-hybridized carbons (Fsp3) is 0.462. The first-order valence-corrected chi connectivity index (χ1v) is 6.16. The Hall–Kier alpha value is -1.86. The number of amides is 1. The van der Waals surface area contributed by atoms with Crippen LogP contribution < -0.4 is 26.7 Å². The number of nitrogens with two attached hydrogens (primary N) is 1. The third kappa shape index (κ3) is 7.80. The molecule has 1 amide bonds. The summed E-state index contributed by atoms with van der Waals surface area (Å²) in [5, 5.41) is 23.2. The molecular weight excluding hydrogens is 339 g/mol. The first-order chi connectivity index (χ1) is 9.70. The number of aryl methyl sites for hydroxylation is 1. The van der Waals surface area contributed by atoms with Crippen LogP contribution in [-0.2, 0) is 26.1 Å². The van der Waals surface area contributed by atoms with Crippen LogP contribution in [0.15, 0.2) is 21.5 Å². The van der Waals surface area contributed by atoms with Crippen molar-refractivity contribution in [2.75, 3.05) is 6.54 Å². The molecule has 0 aromatic carbocycles. The van der Waals surface area contributed by atoms with E-state index >= 15 is 0 Å². The molecule has 1 heterocycles. The van der Waals surface area contributed by atoms with E-state index < -0.39 is 29.1 Å². The number of hydrogen-bond donors (Lipinski definition) is 2. The Morgan fingerprint density at radius 2 is 1.95 bits per heavy atom. The number of nitrogens with one attached hydrogen (secondary N) is 1. The van der Waals surface area contributed by atoms with Gasteiger partial charge in [0.05, 0.1) is 30.6 Å².